The zero-order valence-corrected chi connectivity index (χ0v) is 9.83. The third kappa shape index (κ3) is 1.91. The number of hydrogen-bond acceptors (Lipinski definition) is 2. The van der Waals surface area contributed by atoms with Crippen molar-refractivity contribution in [1.82, 2.24) is 4.98 Å². The van der Waals surface area contributed by atoms with Crippen LogP contribution in [0.3, 0.4) is 0 Å². The number of pyridine rings is 1. The molecule has 5 heteroatoms. The Morgan fingerprint density at radius 2 is 1.87 bits per heavy atom. The highest BCUT2D eigenvalue weighted by molar-refractivity contribution is 7.80. The van der Waals surface area contributed by atoms with Gasteiger partial charge in [-0.05, 0) is 12.1 Å². The molecule has 0 bridgehead atoms. The molecule has 1 heterocycles. The lowest BCUT2D eigenvalue weighted by molar-refractivity contribution is 1.36. The van der Waals surface area contributed by atoms with Gasteiger partial charge < -0.3 is 5.73 Å². The van der Waals surface area contributed by atoms with Crippen molar-refractivity contribution in [3.63, 3.8) is 0 Å². The summed E-state index contributed by atoms with van der Waals surface area (Å²) in [7, 11) is 0. The lowest BCUT2D eigenvalue weighted by atomic mass is 10.2. The van der Waals surface area contributed by atoms with E-state index >= 15 is 0 Å². The van der Waals surface area contributed by atoms with E-state index in [2.05, 4.69) is 4.98 Å². The molecule has 0 aliphatic rings. The van der Waals surface area contributed by atoms with Gasteiger partial charge in [0.1, 0.15) is 4.99 Å². The summed E-state index contributed by atoms with van der Waals surface area (Å²) in [6, 6.07) is 7.20. The average molecular weight is 257 g/mol. The molecule has 0 saturated heterocycles. The van der Waals surface area contributed by atoms with Gasteiger partial charge in [-0.3, -0.25) is 0 Å². The summed E-state index contributed by atoms with van der Waals surface area (Å²) in [6.45, 7) is 0. The Balaban J connectivity index is 2.79. The number of rotatable bonds is 1. The van der Waals surface area contributed by atoms with E-state index in [0.29, 0.717) is 21.3 Å². The number of benzene rings is 1. The second kappa shape index (κ2) is 3.93. The van der Waals surface area contributed by atoms with Crippen LogP contribution in [-0.2, 0) is 0 Å². The first-order valence-electron chi connectivity index (χ1n) is 4.14. The SMILES string of the molecule is NC(=S)c1ccc2ccc(Cl)c(Cl)c2n1. The smallest absolute Gasteiger partial charge is 0.122 e. The van der Waals surface area contributed by atoms with Crippen molar-refractivity contribution in [3.8, 4) is 0 Å². The first-order chi connectivity index (χ1) is 7.09. The van der Waals surface area contributed by atoms with Crippen molar-refractivity contribution in [2.45, 2.75) is 0 Å². The maximum Gasteiger partial charge on any atom is 0.122 e. The number of nitrogens with zero attached hydrogens (tertiary/aromatic N) is 1. The number of nitrogens with two attached hydrogens (primary N) is 1. The molecule has 76 valence electrons. The van der Waals surface area contributed by atoms with E-state index in [4.69, 9.17) is 41.2 Å². The third-order valence-electron chi connectivity index (χ3n) is 2.01. The zero-order valence-electron chi connectivity index (χ0n) is 7.50. The van der Waals surface area contributed by atoms with E-state index in [1.165, 1.54) is 0 Å². The van der Waals surface area contributed by atoms with Crippen molar-refractivity contribution in [1.29, 1.82) is 0 Å². The van der Waals surface area contributed by atoms with Crippen molar-refractivity contribution < 1.29 is 0 Å². The Labute approximate surface area is 102 Å². The van der Waals surface area contributed by atoms with Gasteiger partial charge in [0.15, 0.2) is 0 Å². The van der Waals surface area contributed by atoms with Crippen LogP contribution in [0.5, 0.6) is 0 Å². The van der Waals surface area contributed by atoms with Gasteiger partial charge in [0.2, 0.25) is 0 Å². The maximum absolute atomic E-state index is 6.02. The maximum atomic E-state index is 6.02. The van der Waals surface area contributed by atoms with Crippen LogP contribution in [0.4, 0.5) is 0 Å². The van der Waals surface area contributed by atoms with Crippen LogP contribution in [0, 0.1) is 0 Å². The monoisotopic (exact) mass is 256 g/mol. The third-order valence-corrected chi connectivity index (χ3v) is 3.01. The molecule has 15 heavy (non-hydrogen) atoms. The fourth-order valence-corrected chi connectivity index (χ4v) is 1.75. The van der Waals surface area contributed by atoms with Gasteiger partial charge in [0.25, 0.3) is 0 Å². The molecule has 0 amide bonds. The summed E-state index contributed by atoms with van der Waals surface area (Å²) in [6.07, 6.45) is 0. The molecule has 2 aromatic rings. The first kappa shape index (κ1) is 10.6. The van der Waals surface area contributed by atoms with E-state index in [9.17, 15) is 0 Å². The van der Waals surface area contributed by atoms with Crippen LogP contribution in [0.2, 0.25) is 10.0 Å². The molecule has 2 N–H and O–H groups in total. The molecular weight excluding hydrogens is 251 g/mol. The Kier molecular flexibility index (Phi) is 2.78. The minimum atomic E-state index is 0.243. The Bertz CT molecular complexity index is 554. The van der Waals surface area contributed by atoms with Crippen LogP contribution in [0.25, 0.3) is 10.9 Å². The summed E-state index contributed by atoms with van der Waals surface area (Å²) in [5.74, 6) is 0. The van der Waals surface area contributed by atoms with E-state index in [1.54, 1.807) is 12.1 Å². The van der Waals surface area contributed by atoms with Gasteiger partial charge in [-0.1, -0.05) is 47.6 Å². The first-order valence-corrected chi connectivity index (χ1v) is 5.30. The van der Waals surface area contributed by atoms with Gasteiger partial charge in [-0.25, -0.2) is 4.98 Å². The predicted molar refractivity (Wildman–Crippen MR) is 67.7 cm³/mol. The molecule has 0 saturated carbocycles. The molecule has 2 nitrogen and oxygen atoms in total. The number of hydrogen-bond donors (Lipinski definition) is 1. The minimum Gasteiger partial charge on any atom is -0.388 e. The largest absolute Gasteiger partial charge is 0.388 e. The summed E-state index contributed by atoms with van der Waals surface area (Å²) in [4.78, 5) is 4.50. The number of thiocarbonyl (C=S) groups is 1. The van der Waals surface area contributed by atoms with Crippen molar-refractivity contribution in [2.75, 3.05) is 0 Å². The Morgan fingerprint density at radius 1 is 1.20 bits per heavy atom. The van der Waals surface area contributed by atoms with Gasteiger partial charge in [-0.2, -0.15) is 0 Å². The number of fused-ring (bicyclic) bond motifs is 1. The molecule has 0 unspecified atom stereocenters. The molecule has 0 aliphatic heterocycles. The summed E-state index contributed by atoms with van der Waals surface area (Å²) in [5.41, 5.74) is 6.65. The normalized spacial score (nSPS) is 10.5. The molecule has 0 aliphatic carbocycles. The lowest BCUT2D eigenvalue weighted by Crippen LogP contribution is -2.11. The van der Waals surface area contributed by atoms with Crippen LogP contribution >= 0.6 is 35.4 Å². The second-order valence-corrected chi connectivity index (χ2v) is 4.22. The zero-order chi connectivity index (χ0) is 11.0. The highest BCUT2D eigenvalue weighted by Gasteiger charge is 2.07. The minimum absolute atomic E-state index is 0.243. The van der Waals surface area contributed by atoms with E-state index in [0.717, 1.165) is 5.39 Å². The molecule has 0 fully saturated rings. The highest BCUT2D eigenvalue weighted by Crippen LogP contribution is 2.29. The van der Waals surface area contributed by atoms with E-state index in [-0.39, 0.29) is 4.99 Å². The molecule has 0 spiro atoms. The average Bonchev–Trinajstić information content (AvgIpc) is 2.23. The van der Waals surface area contributed by atoms with Gasteiger partial charge in [0.05, 0.1) is 21.3 Å². The fourth-order valence-electron chi connectivity index (χ4n) is 1.27. The summed E-state index contributed by atoms with van der Waals surface area (Å²) >= 11 is 16.7. The molecule has 0 atom stereocenters. The van der Waals surface area contributed by atoms with Crippen molar-refractivity contribution in [3.05, 3.63) is 40.0 Å². The van der Waals surface area contributed by atoms with Crippen molar-refractivity contribution >= 4 is 51.3 Å². The lowest BCUT2D eigenvalue weighted by Gasteiger charge is -2.03. The molecule has 0 radical (unpaired) electrons. The topological polar surface area (TPSA) is 38.9 Å². The molecule has 1 aromatic heterocycles. The molecular formula is C10H6Cl2N2S. The Morgan fingerprint density at radius 3 is 2.53 bits per heavy atom. The van der Waals surface area contributed by atoms with E-state index in [1.807, 2.05) is 12.1 Å². The van der Waals surface area contributed by atoms with E-state index < -0.39 is 0 Å². The van der Waals surface area contributed by atoms with Gasteiger partial charge in [-0.15, -0.1) is 0 Å². The van der Waals surface area contributed by atoms with Crippen LogP contribution in [0.15, 0.2) is 24.3 Å². The van der Waals surface area contributed by atoms with Gasteiger partial charge in [0, 0.05) is 5.39 Å². The molecule has 1 aromatic carbocycles. The van der Waals surface area contributed by atoms with Crippen LogP contribution in [0.1, 0.15) is 5.69 Å². The standard InChI is InChI=1S/C10H6Cl2N2S/c11-6-3-1-5-2-4-7(10(13)15)14-9(5)8(6)12/h1-4H,(H2,13,15). The summed E-state index contributed by atoms with van der Waals surface area (Å²) < 4.78 is 0. The second-order valence-electron chi connectivity index (χ2n) is 2.99. The van der Waals surface area contributed by atoms with Crippen LogP contribution < -0.4 is 5.73 Å². The number of halogens is 2. The van der Waals surface area contributed by atoms with Crippen molar-refractivity contribution in [2.24, 2.45) is 5.73 Å². The van der Waals surface area contributed by atoms with Crippen LogP contribution in [-0.4, -0.2) is 9.97 Å². The fraction of sp³-hybridized carbons (Fsp3) is 0. The predicted octanol–water partition coefficient (Wildman–Crippen LogP) is 3.18. The highest BCUT2D eigenvalue weighted by atomic mass is 35.5. The molecule has 2 rings (SSSR count). The summed E-state index contributed by atoms with van der Waals surface area (Å²) in [5, 5.41) is 1.80. The quantitative estimate of drug-likeness (QED) is 0.797. The number of aromatic nitrogens is 1. The van der Waals surface area contributed by atoms with Gasteiger partial charge >= 0.3 is 0 Å². The Hall–Kier alpha value is -0.900.